The number of alkyl halides is 6. The van der Waals surface area contributed by atoms with Gasteiger partial charge in [0.1, 0.15) is 12.2 Å². The molecule has 0 bridgehead atoms. The summed E-state index contributed by atoms with van der Waals surface area (Å²) in [4.78, 5) is 37.5. The van der Waals surface area contributed by atoms with E-state index >= 15 is 0 Å². The predicted molar refractivity (Wildman–Crippen MR) is 112 cm³/mol. The monoisotopic (exact) mass is 505 g/mol. The molecule has 1 fully saturated rings. The maximum Gasteiger partial charge on any atom is 0.416 e. The van der Waals surface area contributed by atoms with Gasteiger partial charge in [-0.15, -0.1) is 12.8 Å². The molecule has 2 atom stereocenters. The second-order valence-corrected chi connectivity index (χ2v) is 8.71. The first kappa shape index (κ1) is 33.7. The molecule has 1 rings (SSSR count). The second kappa shape index (κ2) is 14.1. The van der Waals surface area contributed by atoms with Crippen molar-refractivity contribution in [2.75, 3.05) is 6.61 Å². The lowest BCUT2D eigenvalue weighted by atomic mass is 9.95. The molecule has 6 nitrogen and oxygen atoms in total. The Morgan fingerprint density at radius 2 is 1.56 bits per heavy atom. The van der Waals surface area contributed by atoms with Gasteiger partial charge in [0.05, 0.1) is 12.5 Å². The van der Waals surface area contributed by atoms with Crippen molar-refractivity contribution in [3.8, 4) is 12.8 Å². The highest BCUT2D eigenvalue weighted by Crippen LogP contribution is 2.30. The standard InChI is InChI=1S/C17H26F3NO5.C3H5F3.C2H2/c1-10(2)12-9-25-15(24)21(12)14(23)11(6-7-17(18,19)20)8-13(22)26-16(3,4)5;1-2-3(4,5)6;1-2/h10-12H,6-9H2,1-5H3;2H2,1H3;1-2H/t11-,12?;;/m1../s1. The molecule has 0 radical (unpaired) electrons. The molecule has 34 heavy (non-hydrogen) atoms. The highest BCUT2D eigenvalue weighted by Gasteiger charge is 2.43. The minimum atomic E-state index is -4.48. The largest absolute Gasteiger partial charge is 0.460 e. The van der Waals surface area contributed by atoms with Crippen molar-refractivity contribution in [1.29, 1.82) is 0 Å². The molecule has 0 spiro atoms. The fourth-order valence-electron chi connectivity index (χ4n) is 2.61. The van der Waals surface area contributed by atoms with Crippen molar-refractivity contribution in [1.82, 2.24) is 4.90 Å². The SMILES string of the molecule is C#C.CC(C)C1COC(=O)N1C(=O)[C@H](CCC(F)(F)F)CC(=O)OC(C)(C)C.CCC(F)(F)F. The average Bonchev–Trinajstić information content (AvgIpc) is 3.05. The van der Waals surface area contributed by atoms with E-state index < -0.39 is 73.6 Å². The number of hydrogen-bond donors (Lipinski definition) is 0. The molecule has 12 heteroatoms. The molecule has 0 N–H and O–H groups in total. The molecule has 0 aliphatic carbocycles. The molecule has 0 saturated carbocycles. The summed E-state index contributed by atoms with van der Waals surface area (Å²) in [6.45, 7) is 9.45. The summed E-state index contributed by atoms with van der Waals surface area (Å²) < 4.78 is 80.2. The summed E-state index contributed by atoms with van der Waals surface area (Å²) in [6, 6.07) is -0.568. The van der Waals surface area contributed by atoms with Crippen molar-refractivity contribution < 1.29 is 50.2 Å². The molecule has 0 aromatic rings. The van der Waals surface area contributed by atoms with Gasteiger partial charge >= 0.3 is 24.4 Å². The molecule has 2 amide bonds. The third kappa shape index (κ3) is 14.6. The molecule has 1 aliphatic heterocycles. The lowest BCUT2D eigenvalue weighted by molar-refractivity contribution is -0.161. The zero-order valence-electron chi connectivity index (χ0n) is 20.2. The van der Waals surface area contributed by atoms with Crippen LogP contribution < -0.4 is 0 Å². The lowest BCUT2D eigenvalue weighted by Gasteiger charge is -2.27. The van der Waals surface area contributed by atoms with Crippen LogP contribution in [0.4, 0.5) is 31.1 Å². The second-order valence-electron chi connectivity index (χ2n) is 8.71. The zero-order chi connectivity index (χ0) is 27.5. The lowest BCUT2D eigenvalue weighted by Crippen LogP contribution is -2.45. The number of halogens is 6. The average molecular weight is 505 g/mol. The topological polar surface area (TPSA) is 72.9 Å². The van der Waals surface area contributed by atoms with E-state index in [4.69, 9.17) is 9.47 Å². The number of hydrogen-bond acceptors (Lipinski definition) is 5. The van der Waals surface area contributed by atoms with Crippen LogP contribution in [0.25, 0.3) is 0 Å². The van der Waals surface area contributed by atoms with Crippen LogP contribution >= 0.6 is 0 Å². The van der Waals surface area contributed by atoms with Crippen molar-refractivity contribution in [3.05, 3.63) is 0 Å². The van der Waals surface area contributed by atoms with Gasteiger partial charge in [-0.25, -0.2) is 9.69 Å². The number of nitrogens with zero attached hydrogens (tertiary/aromatic N) is 1. The Hall–Kier alpha value is -2.45. The van der Waals surface area contributed by atoms with E-state index in [9.17, 15) is 40.7 Å². The number of amides is 2. The highest BCUT2D eigenvalue weighted by atomic mass is 19.4. The van der Waals surface area contributed by atoms with E-state index in [-0.39, 0.29) is 12.5 Å². The van der Waals surface area contributed by atoms with Crippen LogP contribution in [-0.4, -0.2) is 53.5 Å². The van der Waals surface area contributed by atoms with E-state index in [0.29, 0.717) is 0 Å². The van der Waals surface area contributed by atoms with E-state index in [1.807, 2.05) is 0 Å². The van der Waals surface area contributed by atoms with Gasteiger partial charge in [-0.3, -0.25) is 9.59 Å². The normalized spacial score (nSPS) is 17.1. The smallest absolute Gasteiger partial charge is 0.416 e. The van der Waals surface area contributed by atoms with Crippen LogP contribution in [0.1, 0.15) is 67.2 Å². The third-order valence-corrected chi connectivity index (χ3v) is 4.27. The Bertz CT molecular complexity index is 680. The quantitative estimate of drug-likeness (QED) is 0.256. The zero-order valence-corrected chi connectivity index (χ0v) is 20.2. The Labute approximate surface area is 196 Å². The van der Waals surface area contributed by atoms with E-state index in [1.165, 1.54) is 0 Å². The van der Waals surface area contributed by atoms with Crippen LogP contribution in [0, 0.1) is 24.7 Å². The van der Waals surface area contributed by atoms with Crippen molar-refractivity contribution in [2.45, 2.75) is 91.2 Å². The minimum absolute atomic E-state index is 0.0132. The fraction of sp³-hybridized carbons (Fsp3) is 0.773. The molecule has 1 unspecified atom stereocenters. The van der Waals surface area contributed by atoms with Crippen molar-refractivity contribution in [3.63, 3.8) is 0 Å². The van der Waals surface area contributed by atoms with Gasteiger partial charge in [-0.2, -0.15) is 26.3 Å². The van der Waals surface area contributed by atoms with Crippen LogP contribution in [-0.2, 0) is 19.1 Å². The van der Waals surface area contributed by atoms with E-state index in [0.717, 1.165) is 11.8 Å². The molecule has 198 valence electrons. The predicted octanol–water partition coefficient (Wildman–Crippen LogP) is 5.89. The molecule has 1 heterocycles. The molecule has 1 saturated heterocycles. The highest BCUT2D eigenvalue weighted by molar-refractivity contribution is 5.96. The van der Waals surface area contributed by atoms with Crippen LogP contribution in [0.15, 0.2) is 0 Å². The molecular formula is C22H33F6NO5. The number of carbonyl (C=O) groups is 3. The first-order valence-corrected chi connectivity index (χ1v) is 10.5. The van der Waals surface area contributed by atoms with Gasteiger partial charge in [0, 0.05) is 18.8 Å². The number of imide groups is 1. The van der Waals surface area contributed by atoms with Gasteiger partial charge < -0.3 is 9.47 Å². The minimum Gasteiger partial charge on any atom is -0.460 e. The van der Waals surface area contributed by atoms with Gasteiger partial charge in [0.15, 0.2) is 0 Å². The van der Waals surface area contributed by atoms with Crippen LogP contribution in [0.3, 0.4) is 0 Å². The van der Waals surface area contributed by atoms with Crippen LogP contribution in [0.2, 0.25) is 0 Å². The van der Waals surface area contributed by atoms with Crippen molar-refractivity contribution >= 4 is 18.0 Å². The van der Waals surface area contributed by atoms with E-state index in [2.05, 4.69) is 12.8 Å². The third-order valence-electron chi connectivity index (χ3n) is 4.27. The number of carbonyl (C=O) groups excluding carboxylic acids is 3. The Morgan fingerprint density at radius 1 is 1.09 bits per heavy atom. The fourth-order valence-corrected chi connectivity index (χ4v) is 2.61. The Balaban J connectivity index is 0. The molecular weight excluding hydrogens is 472 g/mol. The Kier molecular flexibility index (Phi) is 14.0. The van der Waals surface area contributed by atoms with E-state index in [1.54, 1.807) is 34.6 Å². The summed E-state index contributed by atoms with van der Waals surface area (Å²) >= 11 is 0. The molecule has 0 aromatic carbocycles. The number of esters is 1. The van der Waals surface area contributed by atoms with Gasteiger partial charge in [0.2, 0.25) is 5.91 Å². The maximum atomic E-state index is 12.7. The summed E-state index contributed by atoms with van der Waals surface area (Å²) in [7, 11) is 0. The summed E-state index contributed by atoms with van der Waals surface area (Å²) in [5.74, 6) is -3.05. The van der Waals surface area contributed by atoms with Gasteiger partial charge in [0.25, 0.3) is 0 Å². The molecule has 1 aliphatic rings. The number of cyclic esters (lactones) is 1. The number of terminal acetylenes is 1. The number of ether oxygens (including phenoxy) is 2. The van der Waals surface area contributed by atoms with Gasteiger partial charge in [-0.1, -0.05) is 20.8 Å². The maximum absolute atomic E-state index is 12.7. The first-order valence-electron chi connectivity index (χ1n) is 10.5. The summed E-state index contributed by atoms with van der Waals surface area (Å²) in [5.41, 5.74) is -0.832. The first-order chi connectivity index (χ1) is 15.3. The van der Waals surface area contributed by atoms with Gasteiger partial charge in [-0.05, 0) is 33.1 Å². The number of rotatable bonds is 6. The summed E-state index contributed by atoms with van der Waals surface area (Å²) in [6.07, 6.45) is -4.42. The summed E-state index contributed by atoms with van der Waals surface area (Å²) in [5, 5.41) is 0. The van der Waals surface area contributed by atoms with Crippen molar-refractivity contribution in [2.24, 2.45) is 11.8 Å². The van der Waals surface area contributed by atoms with Crippen LogP contribution in [0.5, 0.6) is 0 Å². The Morgan fingerprint density at radius 3 is 1.91 bits per heavy atom. The molecule has 0 aromatic heterocycles.